The van der Waals surface area contributed by atoms with E-state index < -0.39 is 0 Å². The Balaban J connectivity index is 1.48. The Morgan fingerprint density at radius 2 is 1.90 bits per heavy atom. The summed E-state index contributed by atoms with van der Waals surface area (Å²) in [5, 5.41) is 10.4. The first-order valence-corrected chi connectivity index (χ1v) is 8.03. The minimum Gasteiger partial charge on any atom is -0.396 e. The van der Waals surface area contributed by atoms with Gasteiger partial charge in [-0.2, -0.15) is 0 Å². The number of hydrogen-bond donors (Lipinski definition) is 1. The van der Waals surface area contributed by atoms with Crippen LogP contribution in [0.4, 0.5) is 0 Å². The predicted octanol–water partition coefficient (Wildman–Crippen LogP) is 2.87. The minimum atomic E-state index is 0.356. The molecule has 0 bridgehead atoms. The molecule has 1 aliphatic heterocycles. The molecule has 0 spiro atoms. The lowest BCUT2D eigenvalue weighted by molar-refractivity contribution is 0.131. The average molecular weight is 284 g/mol. The molecular weight excluding hydrogens is 260 g/mol. The van der Waals surface area contributed by atoms with Crippen LogP contribution in [0.1, 0.15) is 25.0 Å². The molecule has 0 atom stereocenters. The number of aliphatic hydroxyl groups excluding tert-OH is 1. The fourth-order valence-corrected chi connectivity index (χ4v) is 3.12. The molecule has 0 amide bonds. The zero-order valence-corrected chi connectivity index (χ0v) is 12.5. The molecule has 1 aliphatic rings. The van der Waals surface area contributed by atoms with E-state index in [4.69, 9.17) is 10.1 Å². The Labute approximate surface area is 126 Å². The van der Waals surface area contributed by atoms with Crippen molar-refractivity contribution in [2.45, 2.75) is 25.7 Å². The number of hydrogen-bond acceptors (Lipinski definition) is 3. The van der Waals surface area contributed by atoms with Gasteiger partial charge in [0, 0.05) is 17.7 Å². The summed E-state index contributed by atoms with van der Waals surface area (Å²) >= 11 is 0. The van der Waals surface area contributed by atoms with Crippen molar-refractivity contribution < 1.29 is 5.11 Å². The summed E-state index contributed by atoms with van der Waals surface area (Å²) in [5.41, 5.74) is 2.29. The molecule has 3 rings (SSSR count). The summed E-state index contributed by atoms with van der Waals surface area (Å²) in [6, 6.07) is 12.6. The van der Waals surface area contributed by atoms with Gasteiger partial charge in [0.1, 0.15) is 0 Å². The molecule has 2 aromatic rings. The number of pyridine rings is 1. The Morgan fingerprint density at radius 1 is 1.10 bits per heavy atom. The van der Waals surface area contributed by atoms with E-state index in [1.54, 1.807) is 0 Å². The number of aryl methyl sites for hydroxylation is 1. The summed E-state index contributed by atoms with van der Waals surface area (Å²) in [4.78, 5) is 7.25. The normalized spacial score (nSPS) is 17.4. The minimum absolute atomic E-state index is 0.356. The zero-order chi connectivity index (χ0) is 14.5. The summed E-state index contributed by atoms with van der Waals surface area (Å²) in [7, 11) is 0. The van der Waals surface area contributed by atoms with Crippen LogP contribution >= 0.6 is 0 Å². The molecule has 2 heterocycles. The van der Waals surface area contributed by atoms with Gasteiger partial charge in [0.05, 0.1) is 5.52 Å². The summed E-state index contributed by atoms with van der Waals surface area (Å²) < 4.78 is 0. The third-order valence-electron chi connectivity index (χ3n) is 4.53. The number of nitrogens with zero attached hydrogens (tertiary/aromatic N) is 2. The van der Waals surface area contributed by atoms with E-state index in [9.17, 15) is 0 Å². The summed E-state index contributed by atoms with van der Waals surface area (Å²) in [6.07, 6.45) is 4.50. The van der Waals surface area contributed by atoms with E-state index in [2.05, 4.69) is 35.2 Å². The molecular formula is C18H24N2O. The predicted molar refractivity (Wildman–Crippen MR) is 86.3 cm³/mol. The van der Waals surface area contributed by atoms with Crippen LogP contribution in [-0.2, 0) is 6.42 Å². The molecule has 0 unspecified atom stereocenters. The van der Waals surface area contributed by atoms with E-state index in [1.165, 1.54) is 11.1 Å². The average Bonchev–Trinajstić information content (AvgIpc) is 2.55. The van der Waals surface area contributed by atoms with Crippen molar-refractivity contribution in [1.82, 2.24) is 9.88 Å². The lowest BCUT2D eigenvalue weighted by Gasteiger charge is -2.30. The van der Waals surface area contributed by atoms with Crippen molar-refractivity contribution >= 4 is 10.9 Å². The van der Waals surface area contributed by atoms with Gasteiger partial charge in [-0.25, -0.2) is 0 Å². The maximum atomic E-state index is 9.16. The van der Waals surface area contributed by atoms with Gasteiger partial charge in [-0.05, 0) is 63.4 Å². The Bertz CT molecular complexity index is 576. The first-order valence-electron chi connectivity index (χ1n) is 8.03. The van der Waals surface area contributed by atoms with Crippen molar-refractivity contribution in [3.05, 3.63) is 42.1 Å². The van der Waals surface area contributed by atoms with Crippen LogP contribution in [0.15, 0.2) is 36.4 Å². The second kappa shape index (κ2) is 7.01. The lowest BCUT2D eigenvalue weighted by atomic mass is 9.98. The van der Waals surface area contributed by atoms with E-state index in [0.29, 0.717) is 12.5 Å². The first kappa shape index (κ1) is 14.5. The molecule has 112 valence electrons. The third-order valence-corrected chi connectivity index (χ3v) is 4.53. The standard InChI is InChI=1S/C18H24N2O/c21-14-15-9-12-20(13-10-15)11-3-5-17-8-7-16-4-1-2-6-18(16)19-17/h1-2,4,6-8,15,21H,3,5,9-14H2. The highest BCUT2D eigenvalue weighted by Gasteiger charge is 2.17. The molecule has 0 radical (unpaired) electrons. The SMILES string of the molecule is OCC1CCN(CCCc2ccc3ccccc3n2)CC1. The number of aliphatic hydroxyl groups is 1. The van der Waals surface area contributed by atoms with E-state index in [-0.39, 0.29) is 0 Å². The van der Waals surface area contributed by atoms with Crippen LogP contribution in [0.2, 0.25) is 0 Å². The van der Waals surface area contributed by atoms with Crippen LogP contribution in [-0.4, -0.2) is 41.2 Å². The van der Waals surface area contributed by atoms with Gasteiger partial charge in [-0.1, -0.05) is 24.3 Å². The van der Waals surface area contributed by atoms with Crippen LogP contribution in [0.25, 0.3) is 10.9 Å². The van der Waals surface area contributed by atoms with Crippen LogP contribution in [0.5, 0.6) is 0 Å². The fourth-order valence-electron chi connectivity index (χ4n) is 3.12. The number of benzene rings is 1. The highest BCUT2D eigenvalue weighted by Crippen LogP contribution is 2.17. The number of likely N-dealkylation sites (tertiary alicyclic amines) is 1. The molecule has 3 heteroatoms. The third kappa shape index (κ3) is 3.80. The van der Waals surface area contributed by atoms with Gasteiger partial charge in [0.25, 0.3) is 0 Å². The fraction of sp³-hybridized carbons (Fsp3) is 0.500. The molecule has 3 nitrogen and oxygen atoms in total. The van der Waals surface area contributed by atoms with E-state index in [0.717, 1.165) is 50.8 Å². The summed E-state index contributed by atoms with van der Waals surface area (Å²) in [5.74, 6) is 0.531. The van der Waals surface area contributed by atoms with Gasteiger partial charge >= 0.3 is 0 Å². The van der Waals surface area contributed by atoms with Crippen molar-refractivity contribution in [1.29, 1.82) is 0 Å². The van der Waals surface area contributed by atoms with Crippen LogP contribution < -0.4 is 0 Å². The Morgan fingerprint density at radius 3 is 2.71 bits per heavy atom. The molecule has 1 aromatic heterocycles. The quantitative estimate of drug-likeness (QED) is 0.917. The first-order chi connectivity index (χ1) is 10.3. The van der Waals surface area contributed by atoms with Gasteiger partial charge in [-0.15, -0.1) is 0 Å². The maximum absolute atomic E-state index is 9.16. The van der Waals surface area contributed by atoms with E-state index in [1.807, 2.05) is 6.07 Å². The van der Waals surface area contributed by atoms with Crippen LogP contribution in [0, 0.1) is 5.92 Å². The van der Waals surface area contributed by atoms with Gasteiger partial charge in [-0.3, -0.25) is 4.98 Å². The Hall–Kier alpha value is -1.45. The van der Waals surface area contributed by atoms with E-state index >= 15 is 0 Å². The molecule has 1 saturated heterocycles. The number of para-hydroxylation sites is 1. The molecule has 0 saturated carbocycles. The smallest absolute Gasteiger partial charge is 0.0705 e. The number of rotatable bonds is 5. The van der Waals surface area contributed by atoms with Crippen LogP contribution in [0.3, 0.4) is 0 Å². The molecule has 0 aliphatic carbocycles. The van der Waals surface area contributed by atoms with Crippen molar-refractivity contribution in [2.24, 2.45) is 5.92 Å². The van der Waals surface area contributed by atoms with Crippen molar-refractivity contribution in [3.8, 4) is 0 Å². The monoisotopic (exact) mass is 284 g/mol. The lowest BCUT2D eigenvalue weighted by Crippen LogP contribution is -2.35. The maximum Gasteiger partial charge on any atom is 0.0705 e. The zero-order valence-electron chi connectivity index (χ0n) is 12.5. The van der Waals surface area contributed by atoms with Crippen molar-refractivity contribution in [2.75, 3.05) is 26.2 Å². The number of fused-ring (bicyclic) bond motifs is 1. The van der Waals surface area contributed by atoms with Gasteiger partial charge in [0.15, 0.2) is 0 Å². The molecule has 1 aromatic carbocycles. The second-order valence-electron chi connectivity index (χ2n) is 6.07. The Kier molecular flexibility index (Phi) is 4.84. The highest BCUT2D eigenvalue weighted by molar-refractivity contribution is 5.78. The van der Waals surface area contributed by atoms with Crippen molar-refractivity contribution in [3.63, 3.8) is 0 Å². The summed E-state index contributed by atoms with van der Waals surface area (Å²) in [6.45, 7) is 3.77. The molecule has 1 N–H and O–H groups in total. The van der Waals surface area contributed by atoms with Gasteiger partial charge < -0.3 is 10.0 Å². The second-order valence-corrected chi connectivity index (χ2v) is 6.07. The molecule has 1 fully saturated rings. The largest absolute Gasteiger partial charge is 0.396 e. The number of piperidine rings is 1. The topological polar surface area (TPSA) is 36.4 Å². The van der Waals surface area contributed by atoms with Gasteiger partial charge in [0.2, 0.25) is 0 Å². The molecule has 21 heavy (non-hydrogen) atoms. The highest BCUT2D eigenvalue weighted by atomic mass is 16.3. The number of aromatic nitrogens is 1.